The van der Waals surface area contributed by atoms with Crippen LogP contribution in [-0.2, 0) is 11.3 Å². The molecule has 0 spiro atoms. The van der Waals surface area contributed by atoms with Gasteiger partial charge in [0, 0.05) is 24.8 Å². The quantitative estimate of drug-likeness (QED) is 0.816. The number of nitrogens with one attached hydrogen (secondary N) is 1. The van der Waals surface area contributed by atoms with Crippen molar-refractivity contribution >= 4 is 16.8 Å². The average Bonchev–Trinajstić information content (AvgIpc) is 2.85. The zero-order valence-electron chi connectivity index (χ0n) is 9.39. The number of aliphatic hydroxyl groups is 1. The van der Waals surface area contributed by atoms with Crippen molar-refractivity contribution in [3.05, 3.63) is 36.0 Å². The second-order valence-electron chi connectivity index (χ2n) is 4.53. The molecular weight excluding hydrogens is 216 g/mol. The maximum atomic E-state index is 11.6. The van der Waals surface area contributed by atoms with Crippen LogP contribution in [0.2, 0.25) is 0 Å². The van der Waals surface area contributed by atoms with Gasteiger partial charge in [0.05, 0.1) is 12.5 Å². The minimum atomic E-state index is -0.503. The molecule has 0 radical (unpaired) electrons. The van der Waals surface area contributed by atoms with Crippen molar-refractivity contribution in [2.45, 2.75) is 19.1 Å². The first-order chi connectivity index (χ1) is 8.22. The van der Waals surface area contributed by atoms with Gasteiger partial charge in [0.25, 0.3) is 0 Å². The molecule has 0 saturated carbocycles. The Labute approximate surface area is 98.9 Å². The number of likely N-dealkylation sites (tertiary alicyclic amines) is 1. The lowest BCUT2D eigenvalue weighted by Crippen LogP contribution is -2.25. The Morgan fingerprint density at radius 2 is 2.29 bits per heavy atom. The summed E-state index contributed by atoms with van der Waals surface area (Å²) in [6.07, 6.45) is 1.65. The molecule has 1 aromatic carbocycles. The number of H-pyrrole nitrogens is 1. The minimum absolute atomic E-state index is 0.0316. The lowest BCUT2D eigenvalue weighted by Gasteiger charge is -2.15. The molecule has 1 atom stereocenters. The Morgan fingerprint density at radius 1 is 1.41 bits per heavy atom. The zero-order chi connectivity index (χ0) is 11.8. The molecule has 1 aliphatic rings. The minimum Gasteiger partial charge on any atom is -0.391 e. The van der Waals surface area contributed by atoms with E-state index in [0.29, 0.717) is 13.1 Å². The van der Waals surface area contributed by atoms with Crippen molar-refractivity contribution in [3.8, 4) is 0 Å². The van der Waals surface area contributed by atoms with Crippen molar-refractivity contribution in [2.75, 3.05) is 6.54 Å². The summed E-state index contributed by atoms with van der Waals surface area (Å²) in [6.45, 7) is 1.02. The van der Waals surface area contributed by atoms with Crippen molar-refractivity contribution in [2.24, 2.45) is 0 Å². The van der Waals surface area contributed by atoms with Gasteiger partial charge in [-0.3, -0.25) is 4.79 Å². The zero-order valence-corrected chi connectivity index (χ0v) is 9.39. The Hall–Kier alpha value is -1.81. The number of aliphatic hydroxyl groups excluding tert-OH is 1. The molecule has 1 saturated heterocycles. The van der Waals surface area contributed by atoms with E-state index in [1.54, 1.807) is 4.90 Å². The molecule has 0 bridgehead atoms. The fourth-order valence-electron chi connectivity index (χ4n) is 2.32. The van der Waals surface area contributed by atoms with Crippen LogP contribution in [0.1, 0.15) is 12.0 Å². The number of nitrogens with zero attached hydrogens (tertiary/aromatic N) is 1. The van der Waals surface area contributed by atoms with E-state index in [9.17, 15) is 9.90 Å². The molecule has 1 amide bonds. The van der Waals surface area contributed by atoms with E-state index in [-0.39, 0.29) is 12.3 Å². The summed E-state index contributed by atoms with van der Waals surface area (Å²) in [5.41, 5.74) is 2.16. The fraction of sp³-hybridized carbons (Fsp3) is 0.308. The van der Waals surface area contributed by atoms with Crippen LogP contribution < -0.4 is 0 Å². The van der Waals surface area contributed by atoms with Gasteiger partial charge in [0.15, 0.2) is 0 Å². The molecule has 1 aromatic heterocycles. The Balaban J connectivity index is 1.82. The van der Waals surface area contributed by atoms with Crippen LogP contribution in [0.4, 0.5) is 0 Å². The van der Waals surface area contributed by atoms with Crippen LogP contribution in [-0.4, -0.2) is 33.5 Å². The van der Waals surface area contributed by atoms with E-state index in [2.05, 4.69) is 4.98 Å². The maximum Gasteiger partial charge on any atom is 0.225 e. The normalized spacial score (nSPS) is 20.4. The second-order valence-corrected chi connectivity index (χ2v) is 4.53. The molecule has 2 N–H and O–H groups in total. The third-order valence-electron chi connectivity index (χ3n) is 3.19. The van der Waals surface area contributed by atoms with Crippen LogP contribution >= 0.6 is 0 Å². The number of carbonyl (C=O) groups excluding carboxylic acids is 1. The molecule has 0 aliphatic carbocycles. The third kappa shape index (κ3) is 1.91. The number of aromatic nitrogens is 1. The number of β-amino-alcohol motifs (C(OH)–C–C–N with tert-alkyl or cyclic N) is 1. The number of benzene rings is 1. The van der Waals surface area contributed by atoms with Gasteiger partial charge in [0.1, 0.15) is 0 Å². The summed E-state index contributed by atoms with van der Waals surface area (Å²) in [4.78, 5) is 16.4. The van der Waals surface area contributed by atoms with Gasteiger partial charge >= 0.3 is 0 Å². The monoisotopic (exact) mass is 230 g/mol. The number of carbonyl (C=O) groups is 1. The average molecular weight is 230 g/mol. The topological polar surface area (TPSA) is 56.3 Å². The highest BCUT2D eigenvalue weighted by Crippen LogP contribution is 2.18. The van der Waals surface area contributed by atoms with Gasteiger partial charge in [0.2, 0.25) is 5.91 Å². The van der Waals surface area contributed by atoms with Gasteiger partial charge in [-0.25, -0.2) is 0 Å². The fourth-order valence-corrected chi connectivity index (χ4v) is 2.32. The molecule has 1 fully saturated rings. The molecule has 2 heterocycles. The smallest absolute Gasteiger partial charge is 0.225 e. The van der Waals surface area contributed by atoms with Crippen LogP contribution in [0.5, 0.6) is 0 Å². The van der Waals surface area contributed by atoms with E-state index in [1.807, 2.05) is 30.5 Å². The van der Waals surface area contributed by atoms with Gasteiger partial charge < -0.3 is 15.0 Å². The molecule has 17 heavy (non-hydrogen) atoms. The number of amides is 1. The highest BCUT2D eigenvalue weighted by molar-refractivity contribution is 5.81. The molecule has 4 nitrogen and oxygen atoms in total. The molecule has 1 unspecified atom stereocenters. The highest BCUT2D eigenvalue weighted by atomic mass is 16.3. The predicted molar refractivity (Wildman–Crippen MR) is 64.3 cm³/mol. The summed E-state index contributed by atoms with van der Waals surface area (Å²) < 4.78 is 0. The lowest BCUT2D eigenvalue weighted by atomic mass is 10.1. The Morgan fingerprint density at radius 3 is 3.06 bits per heavy atom. The molecular formula is C13H14N2O2. The maximum absolute atomic E-state index is 11.6. The number of hydrogen-bond acceptors (Lipinski definition) is 2. The highest BCUT2D eigenvalue weighted by Gasteiger charge is 2.27. The van der Waals surface area contributed by atoms with Crippen LogP contribution in [0.25, 0.3) is 10.9 Å². The number of rotatable bonds is 2. The van der Waals surface area contributed by atoms with Crippen molar-refractivity contribution < 1.29 is 9.90 Å². The molecule has 88 valence electrons. The molecule has 2 aromatic rings. The summed E-state index contributed by atoms with van der Waals surface area (Å²) in [5.74, 6) is 0.0316. The first kappa shape index (κ1) is 10.4. The first-order valence-corrected chi connectivity index (χ1v) is 5.74. The third-order valence-corrected chi connectivity index (χ3v) is 3.19. The summed E-state index contributed by atoms with van der Waals surface area (Å²) in [6, 6.07) is 8.13. The number of hydrogen-bond donors (Lipinski definition) is 2. The van der Waals surface area contributed by atoms with Crippen molar-refractivity contribution in [3.63, 3.8) is 0 Å². The van der Waals surface area contributed by atoms with E-state index in [0.717, 1.165) is 11.1 Å². The molecule has 4 heteroatoms. The Bertz CT molecular complexity index is 561. The van der Waals surface area contributed by atoms with Gasteiger partial charge in [-0.15, -0.1) is 0 Å². The summed E-state index contributed by atoms with van der Waals surface area (Å²) >= 11 is 0. The standard InChI is InChI=1S/C13H14N2O2/c16-11-6-13(17)15(8-11)7-9-1-2-10-3-4-14-12(10)5-9/h1-5,11,14,16H,6-8H2. The van der Waals surface area contributed by atoms with Crippen LogP contribution in [0, 0.1) is 0 Å². The summed E-state index contributed by atoms with van der Waals surface area (Å²) in [7, 11) is 0. The number of aromatic amines is 1. The van der Waals surface area contributed by atoms with Crippen LogP contribution in [0.3, 0.4) is 0 Å². The first-order valence-electron chi connectivity index (χ1n) is 5.74. The van der Waals surface area contributed by atoms with E-state index in [4.69, 9.17) is 0 Å². The van der Waals surface area contributed by atoms with E-state index in [1.165, 1.54) is 5.39 Å². The second kappa shape index (κ2) is 3.89. The van der Waals surface area contributed by atoms with E-state index >= 15 is 0 Å². The van der Waals surface area contributed by atoms with E-state index < -0.39 is 6.10 Å². The van der Waals surface area contributed by atoms with Crippen molar-refractivity contribution in [1.29, 1.82) is 0 Å². The van der Waals surface area contributed by atoms with Crippen LogP contribution in [0.15, 0.2) is 30.5 Å². The molecule has 3 rings (SSSR count). The lowest BCUT2D eigenvalue weighted by molar-refractivity contribution is -0.128. The largest absolute Gasteiger partial charge is 0.391 e. The van der Waals surface area contributed by atoms with Gasteiger partial charge in [-0.2, -0.15) is 0 Å². The predicted octanol–water partition coefficient (Wildman–Crippen LogP) is 1.26. The van der Waals surface area contributed by atoms with Gasteiger partial charge in [-0.05, 0) is 23.1 Å². The summed E-state index contributed by atoms with van der Waals surface area (Å²) in [5, 5.41) is 10.6. The number of fused-ring (bicyclic) bond motifs is 1. The van der Waals surface area contributed by atoms with Gasteiger partial charge in [-0.1, -0.05) is 12.1 Å². The Kier molecular flexibility index (Phi) is 2.37. The van der Waals surface area contributed by atoms with Crippen molar-refractivity contribution in [1.82, 2.24) is 9.88 Å². The SMILES string of the molecule is O=C1CC(O)CN1Cc1ccc2cc[nH]c2c1. The molecule has 1 aliphatic heterocycles.